The van der Waals surface area contributed by atoms with Gasteiger partial charge in [0.15, 0.2) is 5.65 Å². The number of carbonyl (C=O) groups excluding carboxylic acids is 1. The molecule has 11 nitrogen and oxygen atoms in total. The van der Waals surface area contributed by atoms with Crippen molar-refractivity contribution in [3.63, 3.8) is 0 Å². The zero-order chi connectivity index (χ0) is 23.4. The summed E-state index contributed by atoms with van der Waals surface area (Å²) in [7, 11) is 1.78. The second-order valence-electron chi connectivity index (χ2n) is 8.79. The normalized spacial score (nSPS) is 24.4. The molecule has 0 bridgehead atoms. The molecule has 11 heteroatoms. The van der Waals surface area contributed by atoms with Crippen molar-refractivity contribution < 1.29 is 19.7 Å². The van der Waals surface area contributed by atoms with Crippen LogP contribution in [0.5, 0.6) is 0 Å². The minimum atomic E-state index is -0.624. The van der Waals surface area contributed by atoms with Crippen molar-refractivity contribution in [2.75, 3.05) is 25.6 Å². The van der Waals surface area contributed by atoms with Gasteiger partial charge >= 0.3 is 0 Å². The molecule has 1 saturated heterocycles. The molecule has 4 aromatic heterocycles. The number of carbonyl (C=O) groups is 1. The summed E-state index contributed by atoms with van der Waals surface area (Å²) in [6.45, 7) is 0.680. The second-order valence-corrected chi connectivity index (χ2v) is 8.79. The quantitative estimate of drug-likeness (QED) is 0.343. The molecule has 1 aliphatic carbocycles. The summed E-state index contributed by atoms with van der Waals surface area (Å²) in [5.74, 6) is 0.345. The number of aromatic nitrogens is 5. The monoisotopic (exact) mass is 463 g/mol. The Hall–Kier alpha value is -3.54. The first kappa shape index (κ1) is 21.0. The molecule has 4 aromatic rings. The highest BCUT2D eigenvalue weighted by molar-refractivity contribution is 6.01. The minimum absolute atomic E-state index is 0.246. The molecule has 176 valence electrons. The lowest BCUT2D eigenvalue weighted by Crippen LogP contribution is -2.50. The van der Waals surface area contributed by atoms with Gasteiger partial charge in [0.2, 0.25) is 0 Å². The van der Waals surface area contributed by atoms with Gasteiger partial charge in [0.05, 0.1) is 43.3 Å². The van der Waals surface area contributed by atoms with E-state index >= 15 is 0 Å². The average Bonchev–Trinajstić information content (AvgIpc) is 3.57. The largest absolute Gasteiger partial charge is 0.391 e. The molecule has 4 N–H and O–H groups in total. The van der Waals surface area contributed by atoms with E-state index in [1.54, 1.807) is 17.8 Å². The molecule has 1 aliphatic heterocycles. The maximum atomic E-state index is 13.0. The molecule has 2 fully saturated rings. The van der Waals surface area contributed by atoms with Gasteiger partial charge < -0.3 is 30.2 Å². The number of nitrogens with zero attached hydrogens (tertiary/aromatic N) is 5. The van der Waals surface area contributed by atoms with Gasteiger partial charge in [0, 0.05) is 36.5 Å². The molecular weight excluding hydrogens is 438 g/mol. The van der Waals surface area contributed by atoms with E-state index < -0.39 is 12.2 Å². The maximum absolute atomic E-state index is 13.0. The molecule has 5 heterocycles. The number of hydrogen-bond donors (Lipinski definition) is 4. The summed E-state index contributed by atoms with van der Waals surface area (Å²) >= 11 is 0. The lowest BCUT2D eigenvalue weighted by molar-refractivity contribution is 0.0448. The van der Waals surface area contributed by atoms with E-state index in [2.05, 4.69) is 20.7 Å². The Morgan fingerprint density at radius 1 is 1.21 bits per heavy atom. The number of amides is 1. The molecule has 0 radical (unpaired) electrons. The predicted molar refractivity (Wildman–Crippen MR) is 124 cm³/mol. The Bertz CT molecular complexity index is 1400. The Labute approximate surface area is 194 Å². The standard InChI is InChI=1S/C23H25N7O4/c1-24-20-7-16(27-22-13(8-26-30(20)22)23(33)28-15-4-5-18(15)31)14-9-29(17-10-34-11-19(17)32)21-12(14)3-2-6-25-21/h2-3,6-9,15,17-19,24,31-32H,4-5,10-11H2,1H3,(H,28,33)/t15?,17-,18?,19-/m1/s1. The van der Waals surface area contributed by atoms with Crippen LogP contribution in [-0.4, -0.2) is 78.8 Å². The summed E-state index contributed by atoms with van der Waals surface area (Å²) in [5.41, 5.74) is 2.93. The van der Waals surface area contributed by atoms with Gasteiger partial charge in [-0.05, 0) is 25.0 Å². The number of nitrogens with one attached hydrogen (secondary N) is 2. The molecule has 2 unspecified atom stereocenters. The Morgan fingerprint density at radius 2 is 2.09 bits per heavy atom. The Balaban J connectivity index is 1.48. The van der Waals surface area contributed by atoms with Gasteiger partial charge in [-0.3, -0.25) is 4.79 Å². The fraction of sp³-hybridized carbons (Fsp3) is 0.391. The van der Waals surface area contributed by atoms with Crippen molar-refractivity contribution >= 4 is 28.4 Å². The van der Waals surface area contributed by atoms with Gasteiger partial charge in [-0.15, -0.1) is 0 Å². The van der Waals surface area contributed by atoms with Gasteiger partial charge in [-0.2, -0.15) is 9.61 Å². The van der Waals surface area contributed by atoms with Crippen LogP contribution in [0, 0.1) is 0 Å². The van der Waals surface area contributed by atoms with Crippen LogP contribution in [0.1, 0.15) is 29.2 Å². The highest BCUT2D eigenvalue weighted by atomic mass is 16.5. The molecule has 4 atom stereocenters. The van der Waals surface area contributed by atoms with Gasteiger partial charge in [-0.1, -0.05) is 0 Å². The number of pyridine rings is 1. The summed E-state index contributed by atoms with van der Waals surface area (Å²) in [6, 6.07) is 5.19. The number of anilines is 1. The van der Waals surface area contributed by atoms with Crippen molar-refractivity contribution in [2.45, 2.75) is 37.1 Å². The first-order valence-corrected chi connectivity index (χ1v) is 11.3. The zero-order valence-electron chi connectivity index (χ0n) is 18.5. The van der Waals surface area contributed by atoms with E-state index in [-0.39, 0.29) is 24.6 Å². The van der Waals surface area contributed by atoms with E-state index in [1.807, 2.05) is 29.0 Å². The second kappa shape index (κ2) is 8.05. The predicted octanol–water partition coefficient (Wildman–Crippen LogP) is 0.973. The molecule has 1 amide bonds. The van der Waals surface area contributed by atoms with Crippen LogP contribution < -0.4 is 10.6 Å². The molecule has 0 aromatic carbocycles. The molecule has 6 rings (SSSR count). The summed E-state index contributed by atoms with van der Waals surface area (Å²) in [4.78, 5) is 22.3. The molecular formula is C23H25N7O4. The highest BCUT2D eigenvalue weighted by Gasteiger charge is 2.32. The number of rotatable bonds is 5. The van der Waals surface area contributed by atoms with Crippen LogP contribution in [-0.2, 0) is 4.74 Å². The third-order valence-corrected chi connectivity index (χ3v) is 6.77. The van der Waals surface area contributed by atoms with Crippen LogP contribution in [0.4, 0.5) is 5.82 Å². The smallest absolute Gasteiger partial charge is 0.257 e. The van der Waals surface area contributed by atoms with Gasteiger partial charge in [0.25, 0.3) is 5.91 Å². The van der Waals surface area contributed by atoms with Crippen molar-refractivity contribution in [3.8, 4) is 11.3 Å². The van der Waals surface area contributed by atoms with Crippen molar-refractivity contribution in [2.24, 2.45) is 0 Å². The molecule has 0 spiro atoms. The van der Waals surface area contributed by atoms with E-state index in [1.165, 1.54) is 6.20 Å². The fourth-order valence-corrected chi connectivity index (χ4v) is 4.67. The number of hydrogen-bond acceptors (Lipinski definition) is 8. The number of aliphatic hydroxyl groups excluding tert-OH is 2. The minimum Gasteiger partial charge on any atom is -0.391 e. The average molecular weight is 463 g/mol. The first-order valence-electron chi connectivity index (χ1n) is 11.3. The highest BCUT2D eigenvalue weighted by Crippen LogP contribution is 2.34. The summed E-state index contributed by atoms with van der Waals surface area (Å²) in [5, 5.41) is 31.5. The van der Waals surface area contributed by atoms with Crippen LogP contribution in [0.25, 0.3) is 27.9 Å². The summed E-state index contributed by atoms with van der Waals surface area (Å²) < 4.78 is 8.99. The maximum Gasteiger partial charge on any atom is 0.257 e. The Kier molecular flexibility index (Phi) is 4.97. The first-order chi connectivity index (χ1) is 16.5. The van der Waals surface area contributed by atoms with E-state index in [4.69, 9.17) is 9.72 Å². The molecule has 1 saturated carbocycles. The Morgan fingerprint density at radius 3 is 2.79 bits per heavy atom. The summed E-state index contributed by atoms with van der Waals surface area (Å²) in [6.07, 6.45) is 5.43. The van der Waals surface area contributed by atoms with Crippen molar-refractivity contribution in [1.29, 1.82) is 0 Å². The fourth-order valence-electron chi connectivity index (χ4n) is 4.67. The van der Waals surface area contributed by atoms with E-state index in [0.29, 0.717) is 35.8 Å². The third-order valence-electron chi connectivity index (χ3n) is 6.77. The van der Waals surface area contributed by atoms with Crippen LogP contribution >= 0.6 is 0 Å². The van der Waals surface area contributed by atoms with Crippen molar-refractivity contribution in [3.05, 3.63) is 42.4 Å². The third kappa shape index (κ3) is 3.23. The van der Waals surface area contributed by atoms with Gasteiger partial charge in [0.1, 0.15) is 23.1 Å². The SMILES string of the molecule is CNc1cc(-c2cn([C@@H]3COC[C@H]3O)c3ncccc23)nc2c(C(=O)NC3CCC3O)cnn12. The number of aliphatic hydroxyl groups is 2. The van der Waals surface area contributed by atoms with Gasteiger partial charge in [-0.25, -0.2) is 9.97 Å². The topological polar surface area (TPSA) is 139 Å². The molecule has 34 heavy (non-hydrogen) atoms. The lowest BCUT2D eigenvalue weighted by Gasteiger charge is -2.32. The van der Waals surface area contributed by atoms with E-state index in [9.17, 15) is 15.0 Å². The van der Waals surface area contributed by atoms with E-state index in [0.717, 1.165) is 23.0 Å². The molecule has 2 aliphatic rings. The van der Waals surface area contributed by atoms with Crippen LogP contribution in [0.15, 0.2) is 36.8 Å². The lowest BCUT2D eigenvalue weighted by atomic mass is 9.89. The zero-order valence-corrected chi connectivity index (χ0v) is 18.5. The number of fused-ring (bicyclic) bond motifs is 2. The number of ether oxygens (including phenoxy) is 1. The van der Waals surface area contributed by atoms with Crippen molar-refractivity contribution in [1.82, 2.24) is 29.5 Å². The van der Waals surface area contributed by atoms with Crippen LogP contribution in [0.2, 0.25) is 0 Å². The van der Waals surface area contributed by atoms with Crippen LogP contribution in [0.3, 0.4) is 0 Å².